The highest BCUT2D eigenvalue weighted by Crippen LogP contribution is 2.36. The van der Waals surface area contributed by atoms with Gasteiger partial charge in [0.2, 0.25) is 5.43 Å². The van der Waals surface area contributed by atoms with Crippen molar-refractivity contribution in [2.45, 2.75) is 19.1 Å². The minimum atomic E-state index is -4.74. The molecule has 10 heteroatoms. The Hall–Kier alpha value is -4.08. The van der Waals surface area contributed by atoms with Gasteiger partial charge in [-0.2, -0.15) is 18.3 Å². The van der Waals surface area contributed by atoms with Gasteiger partial charge >= 0.3 is 6.18 Å². The van der Waals surface area contributed by atoms with Crippen LogP contribution in [0.2, 0.25) is 0 Å². The molecule has 1 atom stereocenters. The van der Waals surface area contributed by atoms with Gasteiger partial charge in [-0.3, -0.25) is 9.59 Å². The molecule has 2 aromatic carbocycles. The van der Waals surface area contributed by atoms with Gasteiger partial charge in [0.15, 0.2) is 11.4 Å². The van der Waals surface area contributed by atoms with Gasteiger partial charge < -0.3 is 4.90 Å². The monoisotopic (exact) mass is 454 g/mol. The van der Waals surface area contributed by atoms with Crippen LogP contribution in [0.1, 0.15) is 28.5 Å². The van der Waals surface area contributed by atoms with Gasteiger partial charge in [0.1, 0.15) is 6.04 Å². The number of carbonyl (C=O) groups excluding carboxylic acids is 1. The van der Waals surface area contributed by atoms with E-state index < -0.39 is 41.5 Å². The summed E-state index contributed by atoms with van der Waals surface area (Å²) in [5.74, 6) is -1.15. The minimum absolute atomic E-state index is 0.197. The molecule has 1 aromatic heterocycles. The highest BCUT2D eigenvalue weighted by Gasteiger charge is 2.46. The number of carbonyl (C=O) groups is 1. The Morgan fingerprint density at radius 2 is 1.55 bits per heavy atom. The second-order valence-corrected chi connectivity index (χ2v) is 7.41. The number of benzene rings is 2. The van der Waals surface area contributed by atoms with E-state index in [9.17, 15) is 27.7 Å². The second kappa shape index (κ2) is 8.45. The normalized spacial score (nSPS) is 14.6. The molecule has 2 heterocycles. The van der Waals surface area contributed by atoms with Gasteiger partial charge in [0, 0.05) is 5.57 Å². The van der Waals surface area contributed by atoms with E-state index in [0.717, 1.165) is 17.8 Å². The Balaban J connectivity index is 2.11. The highest BCUT2D eigenvalue weighted by molar-refractivity contribution is 6.04. The number of nitroso groups, excluding NO2 is 1. The van der Waals surface area contributed by atoms with Crippen molar-refractivity contribution in [3.8, 4) is 0 Å². The minimum Gasteiger partial charge on any atom is -0.319 e. The van der Waals surface area contributed by atoms with Crippen LogP contribution >= 0.6 is 0 Å². The van der Waals surface area contributed by atoms with Crippen LogP contribution in [-0.4, -0.2) is 39.4 Å². The fraction of sp³-hybridized carbons (Fsp3) is 0.174. The summed E-state index contributed by atoms with van der Waals surface area (Å²) in [5.41, 5.74) is -0.336. The van der Waals surface area contributed by atoms with Crippen LogP contribution in [0.5, 0.6) is 0 Å². The largest absolute Gasteiger partial charge is 0.408 e. The second-order valence-electron chi connectivity index (χ2n) is 7.41. The van der Waals surface area contributed by atoms with Crippen molar-refractivity contribution in [2.75, 3.05) is 6.54 Å². The van der Waals surface area contributed by atoms with Crippen LogP contribution in [0.4, 0.5) is 18.9 Å². The Morgan fingerprint density at radius 3 is 2.03 bits per heavy atom. The topological polar surface area (TPSA) is 84.6 Å². The molecule has 0 saturated heterocycles. The number of hydrogen-bond donors (Lipinski definition) is 0. The predicted molar refractivity (Wildman–Crippen MR) is 116 cm³/mol. The van der Waals surface area contributed by atoms with Crippen LogP contribution in [-0.2, 0) is 0 Å². The average Bonchev–Trinajstić information content (AvgIpc) is 2.81. The first-order chi connectivity index (χ1) is 15.7. The van der Waals surface area contributed by atoms with Gasteiger partial charge in [-0.05, 0) is 23.2 Å². The van der Waals surface area contributed by atoms with Gasteiger partial charge in [-0.15, -0.1) is 4.91 Å². The molecule has 4 rings (SSSR count). The molecule has 0 bridgehead atoms. The molecular formula is C23H17F3N4O3. The number of hydrogen-bond acceptors (Lipinski definition) is 5. The molecule has 0 unspecified atom stereocenters. The molecule has 0 spiro atoms. The first-order valence-corrected chi connectivity index (χ1v) is 9.91. The van der Waals surface area contributed by atoms with Crippen LogP contribution in [0.15, 0.2) is 76.8 Å². The Bertz CT molecular complexity index is 1260. The lowest BCUT2D eigenvalue weighted by atomic mass is 9.94. The number of nitrogens with zero attached hydrogens (tertiary/aromatic N) is 4. The van der Waals surface area contributed by atoms with E-state index in [1.54, 1.807) is 60.7 Å². The van der Waals surface area contributed by atoms with Gasteiger partial charge in [-0.25, -0.2) is 4.68 Å². The molecule has 33 heavy (non-hydrogen) atoms. The van der Waals surface area contributed by atoms with Crippen molar-refractivity contribution in [3.63, 3.8) is 0 Å². The lowest BCUT2D eigenvalue weighted by Crippen LogP contribution is -2.51. The van der Waals surface area contributed by atoms with Crippen LogP contribution in [0.3, 0.4) is 0 Å². The van der Waals surface area contributed by atoms with Crippen molar-refractivity contribution >= 4 is 22.9 Å². The quantitative estimate of drug-likeness (QED) is 0.545. The number of halogens is 3. The molecule has 0 radical (unpaired) electrons. The zero-order valence-corrected chi connectivity index (χ0v) is 17.3. The third-order valence-corrected chi connectivity index (χ3v) is 5.45. The maximum Gasteiger partial charge on any atom is 0.408 e. The molecule has 3 aromatic rings. The van der Waals surface area contributed by atoms with Crippen LogP contribution in [0, 0.1) is 4.91 Å². The zero-order chi connectivity index (χ0) is 23.8. The van der Waals surface area contributed by atoms with E-state index in [4.69, 9.17) is 0 Å². The number of aromatic nitrogens is 2. The molecule has 0 saturated carbocycles. The SMILES string of the molecule is C[C@@H](N1CC(=C(c2ccccc2)c2ccccc2)n2ncc(=O)c(N=O)c2C1=O)C(F)(F)F. The van der Waals surface area contributed by atoms with Crippen molar-refractivity contribution in [1.29, 1.82) is 0 Å². The summed E-state index contributed by atoms with van der Waals surface area (Å²) in [4.78, 5) is 37.3. The van der Waals surface area contributed by atoms with Gasteiger partial charge in [-0.1, -0.05) is 60.7 Å². The summed E-state index contributed by atoms with van der Waals surface area (Å²) in [6.07, 6.45) is -3.91. The van der Waals surface area contributed by atoms with Crippen LogP contribution < -0.4 is 5.43 Å². The molecule has 0 aliphatic carbocycles. The molecule has 0 fully saturated rings. The van der Waals surface area contributed by atoms with E-state index in [1.807, 2.05) is 0 Å². The van der Waals surface area contributed by atoms with Crippen molar-refractivity contribution in [2.24, 2.45) is 5.18 Å². The summed E-state index contributed by atoms with van der Waals surface area (Å²) in [6.45, 7) is 0.387. The third kappa shape index (κ3) is 3.95. The average molecular weight is 454 g/mol. The number of alkyl halides is 3. The van der Waals surface area contributed by atoms with E-state index in [2.05, 4.69) is 10.3 Å². The van der Waals surface area contributed by atoms with Crippen molar-refractivity contribution < 1.29 is 18.0 Å². The van der Waals surface area contributed by atoms with E-state index in [-0.39, 0.29) is 5.70 Å². The third-order valence-electron chi connectivity index (χ3n) is 5.45. The molecule has 1 amide bonds. The zero-order valence-electron chi connectivity index (χ0n) is 17.3. The summed E-state index contributed by atoms with van der Waals surface area (Å²) < 4.78 is 42.0. The molecule has 168 valence electrons. The summed E-state index contributed by atoms with van der Waals surface area (Å²) in [5, 5.41) is 6.66. The van der Waals surface area contributed by atoms with Gasteiger partial charge in [0.25, 0.3) is 5.91 Å². The fourth-order valence-corrected chi connectivity index (χ4v) is 3.75. The lowest BCUT2D eigenvalue weighted by Gasteiger charge is -2.37. The predicted octanol–water partition coefficient (Wildman–Crippen LogP) is 4.46. The number of rotatable bonds is 4. The van der Waals surface area contributed by atoms with E-state index in [0.29, 0.717) is 21.6 Å². The maximum atomic E-state index is 13.6. The van der Waals surface area contributed by atoms with Crippen LogP contribution in [0.25, 0.3) is 11.3 Å². The summed E-state index contributed by atoms with van der Waals surface area (Å²) in [7, 11) is 0. The van der Waals surface area contributed by atoms with Crippen molar-refractivity contribution in [1.82, 2.24) is 14.7 Å². The Kier molecular flexibility index (Phi) is 5.67. The standard InChI is InChI=1S/C23H17F3N4O3/c1-14(23(24,25)26)29-13-17(30-21(22(29)32)20(28-33)18(31)12-27-30)19(15-8-4-2-5-9-15)16-10-6-3-7-11-16/h2-12,14H,13H2,1H3/t14-/m1/s1. The molecule has 7 nitrogen and oxygen atoms in total. The fourth-order valence-electron chi connectivity index (χ4n) is 3.75. The molecular weight excluding hydrogens is 437 g/mol. The highest BCUT2D eigenvalue weighted by atomic mass is 19.4. The van der Waals surface area contributed by atoms with E-state index in [1.165, 1.54) is 0 Å². The van der Waals surface area contributed by atoms with Crippen molar-refractivity contribution in [3.05, 3.63) is 98.8 Å². The summed E-state index contributed by atoms with van der Waals surface area (Å²) in [6, 6.07) is 15.5. The van der Waals surface area contributed by atoms with E-state index >= 15 is 0 Å². The Morgan fingerprint density at radius 1 is 1.00 bits per heavy atom. The maximum absolute atomic E-state index is 13.6. The molecule has 1 aliphatic rings. The first kappa shape index (κ1) is 22.1. The lowest BCUT2D eigenvalue weighted by molar-refractivity contribution is -0.171. The molecule has 1 aliphatic heterocycles. The smallest absolute Gasteiger partial charge is 0.319 e. The summed E-state index contributed by atoms with van der Waals surface area (Å²) >= 11 is 0. The molecule has 0 N–H and O–H groups in total. The first-order valence-electron chi connectivity index (χ1n) is 9.91. The Labute approximate surface area is 185 Å². The number of fused-ring (bicyclic) bond motifs is 1. The van der Waals surface area contributed by atoms with Gasteiger partial charge in [0.05, 0.1) is 18.4 Å². The number of amides is 1.